The molecule has 0 heterocycles. The Hall–Kier alpha value is -1.70. The third kappa shape index (κ3) is 3.46. The topological polar surface area (TPSA) is 33.0 Å². The summed E-state index contributed by atoms with van der Waals surface area (Å²) in [5.41, 5.74) is 0.776. The number of nitriles is 1. The molecule has 0 saturated carbocycles. The molecule has 16 heavy (non-hydrogen) atoms. The molecule has 0 amide bonds. The number of rotatable bonds is 3. The molecule has 0 fully saturated rings. The molecule has 1 rings (SSSR count). The molecule has 0 radical (unpaired) electrons. The van der Waals surface area contributed by atoms with Crippen molar-refractivity contribution in [2.75, 3.05) is 0 Å². The maximum atomic E-state index is 12.1. The van der Waals surface area contributed by atoms with Crippen LogP contribution in [0.1, 0.15) is 18.1 Å². The smallest absolute Gasteiger partial charge is 0.388 e. The second-order valence-electron chi connectivity index (χ2n) is 3.28. The molecule has 0 aliphatic rings. The van der Waals surface area contributed by atoms with Gasteiger partial charge in [-0.1, -0.05) is 19.1 Å². The minimum absolute atomic E-state index is 0.176. The van der Waals surface area contributed by atoms with Crippen LogP contribution in [-0.4, -0.2) is 6.18 Å². The van der Waals surface area contributed by atoms with E-state index < -0.39 is 12.6 Å². The number of benzene rings is 1. The van der Waals surface area contributed by atoms with Crippen molar-refractivity contribution in [2.24, 2.45) is 0 Å². The fourth-order valence-corrected chi connectivity index (χ4v) is 1.40. The minimum Gasteiger partial charge on any atom is -0.388 e. The lowest BCUT2D eigenvalue weighted by Crippen LogP contribution is -2.11. The van der Waals surface area contributed by atoms with E-state index in [1.807, 2.05) is 0 Å². The molecule has 86 valence electrons. The van der Waals surface area contributed by atoms with Crippen molar-refractivity contribution in [1.29, 1.82) is 5.26 Å². The van der Waals surface area contributed by atoms with Crippen LogP contribution in [0.15, 0.2) is 18.2 Å². The average molecular weight is 229 g/mol. The average Bonchev–Trinajstić information content (AvgIpc) is 2.18. The number of halogens is 3. The predicted octanol–water partition coefficient (Wildman–Crippen LogP) is 3.21. The van der Waals surface area contributed by atoms with Crippen LogP contribution >= 0.6 is 0 Å². The number of aryl methyl sites for hydroxylation is 1. The van der Waals surface area contributed by atoms with Gasteiger partial charge in [-0.15, -0.1) is 5.26 Å². The summed E-state index contributed by atoms with van der Waals surface area (Å²) in [6, 6.07) is 4.13. The Morgan fingerprint density at radius 2 is 2.06 bits per heavy atom. The van der Waals surface area contributed by atoms with E-state index in [1.54, 1.807) is 6.92 Å². The highest BCUT2D eigenvalue weighted by molar-refractivity contribution is 5.38. The molecule has 0 N–H and O–H groups in total. The van der Waals surface area contributed by atoms with E-state index in [-0.39, 0.29) is 5.56 Å². The van der Waals surface area contributed by atoms with Gasteiger partial charge in [-0.25, -0.2) is 0 Å². The van der Waals surface area contributed by atoms with Crippen molar-refractivity contribution in [3.63, 3.8) is 0 Å². The second-order valence-corrected chi connectivity index (χ2v) is 3.28. The lowest BCUT2D eigenvalue weighted by molar-refractivity contribution is -0.127. The van der Waals surface area contributed by atoms with Crippen molar-refractivity contribution in [3.8, 4) is 12.0 Å². The van der Waals surface area contributed by atoms with Gasteiger partial charge in [0.15, 0.2) is 0 Å². The Bertz CT molecular complexity index is 407. The zero-order valence-corrected chi connectivity index (χ0v) is 8.64. The Morgan fingerprint density at radius 3 is 2.56 bits per heavy atom. The molecular formula is C11H10F3NO. The van der Waals surface area contributed by atoms with Crippen LogP contribution in [0.4, 0.5) is 13.2 Å². The first-order chi connectivity index (χ1) is 7.46. The molecule has 0 bridgehead atoms. The van der Waals surface area contributed by atoms with Crippen molar-refractivity contribution in [1.82, 2.24) is 0 Å². The summed E-state index contributed by atoms with van der Waals surface area (Å²) < 4.78 is 41.1. The summed E-state index contributed by atoms with van der Waals surface area (Å²) >= 11 is 0. The van der Waals surface area contributed by atoms with Crippen LogP contribution in [0.3, 0.4) is 0 Å². The molecule has 5 heteroatoms. The maximum absolute atomic E-state index is 12.1. The summed E-state index contributed by atoms with van der Waals surface area (Å²) in [5.74, 6) is 0.316. The van der Waals surface area contributed by atoms with Crippen LogP contribution in [0.25, 0.3) is 0 Å². The number of ether oxygens (including phenoxy) is 1. The molecule has 1 aromatic rings. The van der Waals surface area contributed by atoms with Crippen molar-refractivity contribution < 1.29 is 17.9 Å². The van der Waals surface area contributed by atoms with Crippen molar-refractivity contribution in [2.45, 2.75) is 25.9 Å². The molecule has 1 aromatic carbocycles. The zero-order chi connectivity index (χ0) is 12.2. The van der Waals surface area contributed by atoms with Crippen LogP contribution in [0.2, 0.25) is 0 Å². The summed E-state index contributed by atoms with van der Waals surface area (Å²) in [6.07, 6.45) is -3.16. The fraction of sp³-hybridized carbons (Fsp3) is 0.364. The highest BCUT2D eigenvalue weighted by Crippen LogP contribution is 2.26. The Labute approximate surface area is 91.3 Å². The standard InChI is InChI=1S/C11H10F3NO/c1-2-9-5-8(6-11(12,13)14)3-4-10(9)16-7-15/h3-5H,2,6H2,1H3. The van der Waals surface area contributed by atoms with Gasteiger partial charge in [-0.2, -0.15) is 13.2 Å². The summed E-state index contributed by atoms with van der Waals surface area (Å²) in [4.78, 5) is 0. The van der Waals surface area contributed by atoms with E-state index in [0.717, 1.165) is 0 Å². The number of alkyl halides is 3. The number of hydrogen-bond acceptors (Lipinski definition) is 2. The van der Waals surface area contributed by atoms with Gasteiger partial charge in [0.05, 0.1) is 6.42 Å². The zero-order valence-electron chi connectivity index (χ0n) is 8.64. The molecule has 0 aliphatic heterocycles. The van der Waals surface area contributed by atoms with Gasteiger partial charge < -0.3 is 4.74 Å². The quantitative estimate of drug-likeness (QED) is 0.745. The van der Waals surface area contributed by atoms with Gasteiger partial charge in [-0.3, -0.25) is 0 Å². The second kappa shape index (κ2) is 4.88. The maximum Gasteiger partial charge on any atom is 0.393 e. The van der Waals surface area contributed by atoms with E-state index >= 15 is 0 Å². The molecule has 0 atom stereocenters. The van der Waals surface area contributed by atoms with Gasteiger partial charge in [0.1, 0.15) is 5.75 Å². The summed E-state index contributed by atoms with van der Waals surface area (Å²) in [6.45, 7) is 1.79. The lowest BCUT2D eigenvalue weighted by atomic mass is 10.1. The van der Waals surface area contributed by atoms with Gasteiger partial charge in [0.2, 0.25) is 0 Å². The van der Waals surface area contributed by atoms with Crippen LogP contribution in [-0.2, 0) is 12.8 Å². The highest BCUT2D eigenvalue weighted by atomic mass is 19.4. The Morgan fingerprint density at radius 1 is 1.38 bits per heavy atom. The van der Waals surface area contributed by atoms with Gasteiger partial charge in [0, 0.05) is 0 Å². The van der Waals surface area contributed by atoms with Crippen LogP contribution in [0, 0.1) is 11.5 Å². The van der Waals surface area contributed by atoms with E-state index in [9.17, 15) is 13.2 Å². The molecule has 0 saturated heterocycles. The van der Waals surface area contributed by atoms with Crippen LogP contribution in [0.5, 0.6) is 5.75 Å². The van der Waals surface area contributed by atoms with Crippen molar-refractivity contribution >= 4 is 0 Å². The van der Waals surface area contributed by atoms with Gasteiger partial charge >= 0.3 is 6.18 Å². The monoisotopic (exact) mass is 229 g/mol. The molecule has 0 aromatic heterocycles. The molecule has 2 nitrogen and oxygen atoms in total. The van der Waals surface area contributed by atoms with Crippen molar-refractivity contribution in [3.05, 3.63) is 29.3 Å². The van der Waals surface area contributed by atoms with Crippen LogP contribution < -0.4 is 4.74 Å². The van der Waals surface area contributed by atoms with E-state index in [2.05, 4.69) is 4.74 Å². The molecule has 0 aliphatic carbocycles. The highest BCUT2D eigenvalue weighted by Gasteiger charge is 2.27. The first-order valence-corrected chi connectivity index (χ1v) is 4.70. The summed E-state index contributed by atoms with van der Waals surface area (Å²) in [5, 5.41) is 8.34. The van der Waals surface area contributed by atoms with E-state index in [0.29, 0.717) is 17.7 Å². The minimum atomic E-state index is -4.22. The first-order valence-electron chi connectivity index (χ1n) is 4.70. The lowest BCUT2D eigenvalue weighted by Gasteiger charge is -2.09. The molecular weight excluding hydrogens is 219 g/mol. The number of hydrogen-bond donors (Lipinski definition) is 0. The third-order valence-electron chi connectivity index (χ3n) is 2.07. The third-order valence-corrected chi connectivity index (χ3v) is 2.07. The number of nitrogens with zero attached hydrogens (tertiary/aromatic N) is 1. The van der Waals surface area contributed by atoms with E-state index in [1.165, 1.54) is 24.5 Å². The van der Waals surface area contributed by atoms with E-state index in [4.69, 9.17) is 5.26 Å². The largest absolute Gasteiger partial charge is 0.393 e. The SMILES string of the molecule is CCc1cc(CC(F)(F)F)ccc1OC#N. The van der Waals surface area contributed by atoms with Gasteiger partial charge in [0.25, 0.3) is 6.26 Å². The normalized spacial score (nSPS) is 10.9. The van der Waals surface area contributed by atoms with Gasteiger partial charge in [-0.05, 0) is 23.6 Å². The Kier molecular flexibility index (Phi) is 3.78. The molecule has 0 unspecified atom stereocenters. The summed E-state index contributed by atoms with van der Waals surface area (Å²) in [7, 11) is 0. The fourth-order valence-electron chi connectivity index (χ4n) is 1.40. The molecule has 0 spiro atoms. The Balaban J connectivity index is 2.96. The predicted molar refractivity (Wildman–Crippen MR) is 51.8 cm³/mol. The first kappa shape index (κ1) is 12.4.